The van der Waals surface area contributed by atoms with Crippen molar-refractivity contribution in [1.29, 1.82) is 0 Å². The molecule has 8 aromatic rings. The fourth-order valence-electron chi connectivity index (χ4n) is 8.96. The molecule has 318 valence electrons. The third kappa shape index (κ3) is 10.0. The molecule has 0 aromatic heterocycles. The van der Waals surface area contributed by atoms with Gasteiger partial charge in [-0.25, -0.2) is 0 Å². The summed E-state index contributed by atoms with van der Waals surface area (Å²) in [7, 11) is 7.08. The monoisotopic (exact) mass is 988 g/mol. The van der Waals surface area contributed by atoms with Crippen molar-refractivity contribution in [3.05, 3.63) is 238 Å². The average Bonchev–Trinajstić information content (AvgIpc) is 3.32. The average molecular weight is 989 g/mol. The van der Waals surface area contributed by atoms with Gasteiger partial charge in [0.2, 0.25) is 0 Å². The summed E-state index contributed by atoms with van der Waals surface area (Å²) in [5.74, 6) is 0. The molecular weight excluding hydrogens is 935 g/mol. The van der Waals surface area contributed by atoms with Crippen molar-refractivity contribution in [3.63, 3.8) is 0 Å². The number of aryl methyl sites for hydroxylation is 2. The van der Waals surface area contributed by atoms with Gasteiger partial charge in [0.15, 0.2) is 0 Å². The van der Waals surface area contributed by atoms with E-state index in [1.807, 2.05) is 48.5 Å². The molecule has 0 aliphatic heterocycles. The van der Waals surface area contributed by atoms with E-state index in [0.717, 1.165) is 22.3 Å². The Hall–Kier alpha value is -4.26. The Balaban J connectivity index is 0.000000258. The van der Waals surface area contributed by atoms with Crippen LogP contribution in [0.25, 0.3) is 33.7 Å². The first kappa shape index (κ1) is 46.7. The molecule has 0 fully saturated rings. The van der Waals surface area contributed by atoms with Gasteiger partial charge in [-0.05, 0) is 147 Å². The summed E-state index contributed by atoms with van der Waals surface area (Å²) in [6.07, 6.45) is 0. The second kappa shape index (κ2) is 21.6. The topological polar surface area (TPSA) is 47.6 Å². The van der Waals surface area contributed by atoms with Gasteiger partial charge in [0.05, 0.1) is 15.8 Å². The van der Waals surface area contributed by atoms with Crippen LogP contribution in [0, 0.1) is 41.5 Å². The molecule has 0 spiro atoms. The van der Waals surface area contributed by atoms with Crippen molar-refractivity contribution < 1.29 is 15.1 Å². The molecule has 7 heteroatoms. The molecule has 2 nitrogen and oxygen atoms in total. The molecule has 0 heterocycles. The molecule has 0 unspecified atom stereocenters. The van der Waals surface area contributed by atoms with Crippen LogP contribution in [0.4, 0.5) is 0 Å². The Labute approximate surface area is 393 Å². The minimum Gasteiger partial charge on any atom is -0.672 e. The smallest absolute Gasteiger partial charge is 0.0165 e. The van der Waals surface area contributed by atoms with Crippen molar-refractivity contribution in [2.45, 2.75) is 53.6 Å². The summed E-state index contributed by atoms with van der Waals surface area (Å²) in [4.78, 5) is 0. The Morgan fingerprint density at radius 2 is 0.635 bits per heavy atom. The van der Waals surface area contributed by atoms with E-state index >= 15 is 0 Å². The number of halogens is 2. The quantitative estimate of drug-likeness (QED) is 0.113. The van der Waals surface area contributed by atoms with E-state index in [9.17, 15) is 0 Å². The first-order valence-electron chi connectivity index (χ1n) is 21.2. The second-order valence-electron chi connectivity index (χ2n) is 16.1. The summed E-state index contributed by atoms with van der Waals surface area (Å²) in [5, 5.41) is 8.67. The number of rotatable bonds is 7. The van der Waals surface area contributed by atoms with E-state index in [-0.39, 0.29) is 15.1 Å². The van der Waals surface area contributed by atoms with Gasteiger partial charge in [0.1, 0.15) is 31.8 Å². The van der Waals surface area contributed by atoms with Crippen LogP contribution in [0.5, 0.6) is 0 Å². The van der Waals surface area contributed by atoms with Gasteiger partial charge in [-0.3, -0.25) is 0 Å². The van der Waals surface area contributed by atoms with E-state index in [4.69, 9.17) is 30.8 Å². The summed E-state index contributed by atoms with van der Waals surface area (Å²) in [6.45, 7) is 13.9. The maximum Gasteiger partial charge on any atom is -0.0165 e. The van der Waals surface area contributed by atoms with Gasteiger partial charge in [-0.1, -0.05) is 132 Å². The van der Waals surface area contributed by atoms with Crippen LogP contribution in [0.2, 0.25) is 0 Å². The van der Waals surface area contributed by atoms with Gasteiger partial charge in [-0.2, -0.15) is 0 Å². The first-order valence-corrected chi connectivity index (χ1v) is 28.7. The van der Waals surface area contributed by atoms with Gasteiger partial charge in [0.25, 0.3) is 0 Å². The molecule has 0 saturated carbocycles. The Morgan fingerprint density at radius 3 is 0.921 bits per heavy atom. The predicted octanol–water partition coefficient (Wildman–Crippen LogP) is 14.1. The van der Waals surface area contributed by atoms with Crippen LogP contribution in [0.1, 0.15) is 56.6 Å². The number of benzene rings is 8. The van der Waals surface area contributed by atoms with Gasteiger partial charge < -0.3 is 11.5 Å². The Morgan fingerprint density at radius 1 is 0.381 bits per heavy atom. The normalized spacial score (nSPS) is 13.9. The van der Waals surface area contributed by atoms with Crippen molar-refractivity contribution in [2.24, 2.45) is 0 Å². The molecule has 63 heavy (non-hydrogen) atoms. The zero-order chi connectivity index (χ0) is 44.6. The van der Waals surface area contributed by atoms with Crippen molar-refractivity contribution >= 4 is 67.1 Å². The van der Waals surface area contributed by atoms with E-state index in [1.165, 1.54) is 76.3 Å². The Bertz CT molecular complexity index is 2520. The largest absolute Gasteiger partial charge is 0.672 e. The minimum absolute atomic E-state index is 0.346. The molecular formula is C56H54Cl2N2P2Ru+2. The van der Waals surface area contributed by atoms with Crippen LogP contribution in [-0.4, -0.2) is 0 Å². The first-order chi connectivity index (χ1) is 30.6. The zero-order valence-electron chi connectivity index (χ0n) is 36.6. The molecule has 0 amide bonds. The molecule has 0 bridgehead atoms. The molecule has 1 aliphatic carbocycles. The van der Waals surface area contributed by atoms with Crippen molar-refractivity contribution in [2.75, 3.05) is 0 Å². The molecule has 9 rings (SSSR count). The predicted molar refractivity (Wildman–Crippen MR) is 278 cm³/mol. The van der Waals surface area contributed by atoms with Crippen LogP contribution in [0.15, 0.2) is 182 Å². The van der Waals surface area contributed by atoms with E-state index in [1.54, 1.807) is 0 Å². The summed E-state index contributed by atoms with van der Waals surface area (Å²) < 4.78 is 0. The van der Waals surface area contributed by atoms with E-state index in [2.05, 4.69) is 175 Å². The molecule has 8 aromatic carbocycles. The molecule has 0 saturated heterocycles. The van der Waals surface area contributed by atoms with E-state index < -0.39 is 27.9 Å². The molecule has 0 radical (unpaired) electrons. The molecule has 1 aliphatic rings. The SMILES string of the molecule is Cc1cc([PH+](c2ccccc2)c2ccccc2)c(-c2c([PH+](c3ccccc3)c3ccccc3)cc(C)c(C)c2C)c(C)c1C.[Cl][Ru+2][Cl].[NH-][C@@H]1c2ccccc2-c2ccccc2[C@H]1[NH-]. The molecule has 2 N–H and O–H groups in total. The second-order valence-corrected chi connectivity index (χ2v) is 23.7. The number of hydrogen-bond acceptors (Lipinski definition) is 0. The van der Waals surface area contributed by atoms with Gasteiger partial charge in [0, 0.05) is 11.1 Å². The summed E-state index contributed by atoms with van der Waals surface area (Å²) in [5.41, 5.74) is 31.6. The van der Waals surface area contributed by atoms with Crippen molar-refractivity contribution in [1.82, 2.24) is 0 Å². The van der Waals surface area contributed by atoms with E-state index in [0.29, 0.717) is 0 Å². The third-order valence-corrected chi connectivity index (χ3v) is 18.1. The van der Waals surface area contributed by atoms with Crippen LogP contribution in [0.3, 0.4) is 0 Å². The minimum atomic E-state index is -1.31. The number of hydrogen-bond donors (Lipinski definition) is 0. The zero-order valence-corrected chi connectivity index (χ0v) is 41.8. The molecule has 2 atom stereocenters. The van der Waals surface area contributed by atoms with Crippen LogP contribution >= 0.6 is 35.2 Å². The summed E-state index contributed by atoms with van der Waals surface area (Å²) in [6, 6.07) is 64.9. The fourth-order valence-corrected chi connectivity index (χ4v) is 14.8. The maximum absolute atomic E-state index is 8.10. The maximum atomic E-state index is 8.10. The number of nitrogens with one attached hydrogen (secondary N) is 2. The van der Waals surface area contributed by atoms with Gasteiger partial charge >= 0.3 is 34.5 Å². The van der Waals surface area contributed by atoms with Gasteiger partial charge in [-0.15, -0.1) is 12.1 Å². The number of fused-ring (bicyclic) bond motifs is 3. The Kier molecular flexibility index (Phi) is 16.0. The fraction of sp³-hybridized carbons (Fsp3) is 0.143. The van der Waals surface area contributed by atoms with Crippen LogP contribution < -0.4 is 31.8 Å². The van der Waals surface area contributed by atoms with Crippen LogP contribution in [-0.2, 0) is 15.1 Å². The third-order valence-electron chi connectivity index (χ3n) is 12.6. The summed E-state index contributed by atoms with van der Waals surface area (Å²) >= 11 is -0.346. The standard InChI is InChI=1S/C42H40P2.C14H12N2.2ClH.Ru/c1-29-27-39(43(35-19-11-7-12-20-35)36-21-13-8-14-22-36)41(33(5)31(29)3)42-34(6)32(4)30(2)28-40(42)44(37-23-15-9-16-24-37)38-25-17-10-18-26-38;15-13-11-7-3-1-5-9(11)10-6-2-4-8-12(10)14(13)16;;;/h7-28H,1-6H3;1-8,13-16H;2*1H;/q;-2;;;+4/t;13-,14-;;;/m.1.../s1. The van der Waals surface area contributed by atoms with Crippen molar-refractivity contribution in [3.8, 4) is 22.3 Å².